The number of hydrogen-bond acceptors (Lipinski definition) is 9. The molecule has 0 bridgehead atoms. The number of esters is 1. The molecule has 1 heterocycles. The molecule has 0 fully saturated rings. The third-order valence-electron chi connectivity index (χ3n) is 2.94. The number of nitrogens with zero attached hydrogens (tertiary/aromatic N) is 3. The third-order valence-corrected chi connectivity index (χ3v) is 4.33. The molecule has 0 saturated carbocycles. The van der Waals surface area contributed by atoms with Gasteiger partial charge in [-0.2, -0.15) is 15.0 Å². The van der Waals surface area contributed by atoms with Crippen molar-refractivity contribution in [3.63, 3.8) is 0 Å². The first-order valence-electron chi connectivity index (χ1n) is 7.04. The van der Waals surface area contributed by atoms with Crippen molar-refractivity contribution < 1.29 is 80.3 Å². The van der Waals surface area contributed by atoms with Crippen LogP contribution in [-0.2, 0) is 14.8 Å². The van der Waals surface area contributed by atoms with Crippen LogP contribution < -0.4 is 66.2 Å². The number of benzene rings is 1. The number of methoxy groups -OCH3 is 2. The van der Waals surface area contributed by atoms with Crippen LogP contribution in [0.4, 0.5) is 10.7 Å². The molecule has 0 aliphatic carbocycles. The maximum Gasteiger partial charge on any atom is 1.00 e. The second-order valence-electron chi connectivity index (χ2n) is 4.74. The maximum atomic E-state index is 12.4. The van der Waals surface area contributed by atoms with Crippen molar-refractivity contribution in [3.8, 4) is 6.01 Å². The number of aromatic nitrogens is 3. The van der Waals surface area contributed by atoms with Gasteiger partial charge >= 0.3 is 69.4 Å². The number of urea groups is 1. The Morgan fingerprint density at radius 3 is 2.41 bits per heavy atom. The molecule has 0 radical (unpaired) electrons. The first kappa shape index (κ1) is 23.4. The van der Waals surface area contributed by atoms with Crippen LogP contribution in [0.15, 0.2) is 29.2 Å². The van der Waals surface area contributed by atoms with E-state index in [4.69, 9.17) is 4.74 Å². The van der Waals surface area contributed by atoms with Crippen molar-refractivity contribution in [1.29, 1.82) is 0 Å². The van der Waals surface area contributed by atoms with Crippen molar-refractivity contribution >= 4 is 28.0 Å². The van der Waals surface area contributed by atoms with E-state index in [0.29, 0.717) is 0 Å². The second kappa shape index (κ2) is 10.1. The zero-order valence-electron chi connectivity index (χ0n) is 16.0. The van der Waals surface area contributed by atoms with Gasteiger partial charge < -0.3 is 10.9 Å². The topological polar surface area (TPSA) is 149 Å². The Morgan fingerprint density at radius 1 is 1.11 bits per heavy atom. The van der Waals surface area contributed by atoms with Crippen LogP contribution in [0.3, 0.4) is 0 Å². The van der Waals surface area contributed by atoms with E-state index in [0.717, 1.165) is 13.2 Å². The number of carbonyl (C=O) groups excluding carboxylic acids is 2. The zero-order chi connectivity index (χ0) is 19.3. The molecule has 0 atom stereocenters. The molecule has 2 N–H and O–H groups in total. The molecule has 2 amide bonds. The first-order chi connectivity index (χ1) is 12.3. The van der Waals surface area contributed by atoms with Crippen LogP contribution in [0.1, 0.15) is 17.6 Å². The molecule has 1 aromatic carbocycles. The summed E-state index contributed by atoms with van der Waals surface area (Å²) >= 11 is 0. The average molecular weight is 421 g/mol. The van der Waals surface area contributed by atoms with Crippen LogP contribution >= 0.6 is 0 Å². The SMILES string of the molecule is COC(=O)c1ccccc1S(=O)(=O)NC(=O)Nc1nc(C)nc(OC)n1.[H-].[K+]. The maximum absolute atomic E-state index is 12.4. The average Bonchev–Trinajstić information content (AvgIpc) is 2.59. The van der Waals surface area contributed by atoms with Gasteiger partial charge in [-0.05, 0) is 19.1 Å². The Morgan fingerprint density at radius 2 is 1.78 bits per heavy atom. The van der Waals surface area contributed by atoms with Crippen LogP contribution in [0.5, 0.6) is 6.01 Å². The molecule has 0 aliphatic rings. The molecular formula is C14H16KN5O6S. The number of anilines is 1. The van der Waals surface area contributed by atoms with E-state index in [1.54, 1.807) is 4.72 Å². The van der Waals surface area contributed by atoms with Gasteiger partial charge in [0.1, 0.15) is 10.7 Å². The number of hydrogen-bond donors (Lipinski definition) is 2. The summed E-state index contributed by atoms with van der Waals surface area (Å²) in [5.41, 5.74) is -0.215. The molecule has 1 aromatic heterocycles. The molecule has 13 heteroatoms. The van der Waals surface area contributed by atoms with Crippen molar-refractivity contribution in [3.05, 3.63) is 35.7 Å². The van der Waals surface area contributed by atoms with Gasteiger partial charge in [-0.1, -0.05) is 12.1 Å². The molecule has 0 saturated heterocycles. The molecule has 2 rings (SSSR count). The summed E-state index contributed by atoms with van der Waals surface area (Å²) in [6.45, 7) is 1.54. The molecule has 0 unspecified atom stereocenters. The minimum Gasteiger partial charge on any atom is -1.00 e. The quantitative estimate of drug-likeness (QED) is 0.398. The van der Waals surface area contributed by atoms with Crippen LogP contribution in [0.2, 0.25) is 0 Å². The Hall–Kier alpha value is -1.64. The standard InChI is InChI=1S/C14H15N5O6S.K.H/c1-8-15-12(18-14(16-8)25-3)17-13(21)19-26(22,23)10-7-5-4-6-9(10)11(20)24-2;;/h4-7H,1-3H3,(H2,15,16,17,18,19,21);;/q;+1;-1. The Labute approximate surface area is 199 Å². The third kappa shape index (κ3) is 6.19. The van der Waals surface area contributed by atoms with Gasteiger partial charge in [-0.25, -0.2) is 22.7 Å². The summed E-state index contributed by atoms with van der Waals surface area (Å²) in [5.74, 6) is -0.807. The Kier molecular flexibility index (Phi) is 8.71. The van der Waals surface area contributed by atoms with Gasteiger partial charge in [0, 0.05) is 0 Å². The van der Waals surface area contributed by atoms with Gasteiger partial charge in [0.05, 0.1) is 19.8 Å². The number of carbonyl (C=O) groups is 2. The summed E-state index contributed by atoms with van der Waals surface area (Å²) in [7, 11) is -1.92. The number of aryl methyl sites for hydroxylation is 1. The molecule has 0 spiro atoms. The van der Waals surface area contributed by atoms with Crippen LogP contribution in [0, 0.1) is 6.92 Å². The summed E-state index contributed by atoms with van der Waals surface area (Å²) in [6.07, 6.45) is 0. The smallest absolute Gasteiger partial charge is 1.00 e. The monoisotopic (exact) mass is 421 g/mol. The number of amides is 2. The minimum atomic E-state index is -4.36. The fourth-order valence-electron chi connectivity index (χ4n) is 1.89. The van der Waals surface area contributed by atoms with Crippen LogP contribution in [-0.4, -0.2) is 49.6 Å². The summed E-state index contributed by atoms with van der Waals surface area (Å²) in [4.78, 5) is 34.7. The van der Waals surface area contributed by atoms with Crippen molar-refractivity contribution in [2.45, 2.75) is 11.8 Å². The fourth-order valence-corrected chi connectivity index (χ4v) is 2.99. The number of sulfonamides is 1. The normalized spacial score (nSPS) is 10.3. The van der Waals surface area contributed by atoms with Gasteiger partial charge in [-0.15, -0.1) is 0 Å². The minimum absolute atomic E-state index is 0. The van der Waals surface area contributed by atoms with Crippen LogP contribution in [0.25, 0.3) is 0 Å². The molecule has 11 nitrogen and oxygen atoms in total. The van der Waals surface area contributed by atoms with E-state index in [1.807, 2.05) is 0 Å². The molecule has 2 aromatic rings. The number of rotatable bonds is 5. The van der Waals surface area contributed by atoms with Crippen molar-refractivity contribution in [1.82, 2.24) is 19.7 Å². The second-order valence-corrected chi connectivity index (χ2v) is 6.39. The number of ether oxygens (including phenoxy) is 2. The van der Waals surface area contributed by atoms with Crippen molar-refractivity contribution in [2.24, 2.45) is 0 Å². The van der Waals surface area contributed by atoms with E-state index < -0.39 is 26.9 Å². The fraction of sp³-hybridized carbons (Fsp3) is 0.214. The van der Waals surface area contributed by atoms with Crippen molar-refractivity contribution in [2.75, 3.05) is 19.5 Å². The van der Waals surface area contributed by atoms with Gasteiger partial charge in [0.15, 0.2) is 0 Å². The summed E-state index contributed by atoms with van der Waals surface area (Å²) < 4.78 is 36.0. The van der Waals surface area contributed by atoms with Gasteiger partial charge in [0.2, 0.25) is 5.95 Å². The largest absolute Gasteiger partial charge is 1.00 e. The van der Waals surface area contributed by atoms with E-state index in [2.05, 4.69) is 25.0 Å². The van der Waals surface area contributed by atoms with E-state index >= 15 is 0 Å². The molecular weight excluding hydrogens is 405 g/mol. The van der Waals surface area contributed by atoms with Gasteiger partial charge in [0.25, 0.3) is 10.0 Å². The Bertz CT molecular complexity index is 959. The molecule has 140 valence electrons. The predicted octanol–water partition coefficient (Wildman–Crippen LogP) is -2.40. The first-order valence-corrected chi connectivity index (χ1v) is 8.53. The summed E-state index contributed by atoms with van der Waals surface area (Å²) in [5, 5.41) is 2.16. The molecule has 0 aliphatic heterocycles. The van der Waals surface area contributed by atoms with E-state index in [9.17, 15) is 18.0 Å². The predicted molar refractivity (Wildman–Crippen MR) is 89.3 cm³/mol. The Balaban J connectivity index is 0.00000364. The summed E-state index contributed by atoms with van der Waals surface area (Å²) in [6, 6.07) is 4.12. The van der Waals surface area contributed by atoms with Gasteiger partial charge in [-0.3, -0.25) is 5.32 Å². The van der Waals surface area contributed by atoms with E-state index in [-0.39, 0.29) is 76.2 Å². The zero-order valence-corrected chi connectivity index (χ0v) is 18.9. The van der Waals surface area contributed by atoms with E-state index in [1.165, 1.54) is 32.2 Å². The molecule has 27 heavy (non-hydrogen) atoms. The number of nitrogens with one attached hydrogen (secondary N) is 2.